The fourth-order valence-electron chi connectivity index (χ4n) is 7.11. The largest absolute Gasteiger partial charge is 0.354 e. The van der Waals surface area contributed by atoms with Crippen molar-refractivity contribution in [3.05, 3.63) is 145 Å². The number of benzene rings is 4. The van der Waals surface area contributed by atoms with E-state index in [0.717, 1.165) is 98.6 Å². The van der Waals surface area contributed by atoms with Gasteiger partial charge in [-0.05, 0) is 53.2 Å². The molecule has 0 radical (unpaired) electrons. The molecule has 7 nitrogen and oxygen atoms in total. The maximum Gasteiger partial charge on any atom is 0.124 e. The quantitative estimate of drug-likeness (QED) is 0.187. The van der Waals surface area contributed by atoms with Gasteiger partial charge in [-0.3, -0.25) is 9.97 Å². The van der Waals surface area contributed by atoms with E-state index in [1.807, 2.05) is 42.0 Å². The number of hydrogen-bond donors (Lipinski definition) is 1. The van der Waals surface area contributed by atoms with Gasteiger partial charge in [0.25, 0.3) is 0 Å². The highest BCUT2D eigenvalue weighted by molar-refractivity contribution is 7.13. The van der Waals surface area contributed by atoms with Gasteiger partial charge >= 0.3 is 0 Å². The molecule has 0 aliphatic carbocycles. The Morgan fingerprint density at radius 1 is 0.569 bits per heavy atom. The molecule has 10 rings (SSSR count). The van der Waals surface area contributed by atoms with Crippen LogP contribution in [-0.4, -0.2) is 35.1 Å². The van der Waals surface area contributed by atoms with Crippen molar-refractivity contribution in [2.45, 2.75) is 0 Å². The first-order chi connectivity index (χ1) is 25.3. The second kappa shape index (κ2) is 12.2. The monoisotopic (exact) mass is 691 g/mol. The Labute approximate surface area is 300 Å². The lowest BCUT2D eigenvalue weighted by Gasteiger charge is -2.24. The van der Waals surface area contributed by atoms with E-state index in [1.54, 1.807) is 41.3 Å². The summed E-state index contributed by atoms with van der Waals surface area (Å²) >= 11 is 3.32. The van der Waals surface area contributed by atoms with Crippen molar-refractivity contribution >= 4 is 55.3 Å². The van der Waals surface area contributed by atoms with Crippen molar-refractivity contribution in [3.8, 4) is 66.0 Å². The average Bonchev–Trinajstić information content (AvgIpc) is 4.00. The van der Waals surface area contributed by atoms with E-state index in [2.05, 4.69) is 99.3 Å². The number of aromatic amines is 1. The molecule has 10 aromatic rings. The number of thiazole rings is 1. The Morgan fingerprint density at radius 3 is 2.29 bits per heavy atom. The molecule has 0 amide bonds. The van der Waals surface area contributed by atoms with Gasteiger partial charge in [0, 0.05) is 95.8 Å². The molecule has 0 bridgehead atoms. The summed E-state index contributed by atoms with van der Waals surface area (Å²) in [5.74, 6) is 0. The number of fused-ring (bicyclic) bond motifs is 3. The first-order valence-corrected chi connectivity index (χ1v) is 18.2. The number of pyridine rings is 1. The second-order valence-electron chi connectivity index (χ2n) is 12.1. The molecule has 6 heterocycles. The number of para-hydroxylation sites is 2. The smallest absolute Gasteiger partial charge is 0.124 e. The fourth-order valence-corrected chi connectivity index (χ4v) is 8.57. The predicted octanol–water partition coefficient (Wildman–Crippen LogP) is 11.0. The summed E-state index contributed by atoms with van der Waals surface area (Å²) in [7, 11) is 0. The standard InChI is InChI=1S/C42H25N7S2/c1-3-9-29-25(7-1)13-16-31(47-29)39-40(33-23-26-8-2-4-10-30(26)48-33)38(42-45-20-22-51-42)28-15-14-27(35-12-6-21-50-35)36(32-11-5-17-46-49-32)37(28)41(39)34-24-43-18-19-44-34/h1-24,48H. The van der Waals surface area contributed by atoms with Crippen LogP contribution in [0.3, 0.4) is 0 Å². The third-order valence-corrected chi connectivity index (χ3v) is 10.9. The Hall–Kier alpha value is -6.42. The van der Waals surface area contributed by atoms with E-state index in [4.69, 9.17) is 20.1 Å². The number of aromatic nitrogens is 7. The topological polar surface area (TPSA) is 93.1 Å². The first-order valence-electron chi connectivity index (χ1n) is 16.4. The van der Waals surface area contributed by atoms with Crippen LogP contribution in [-0.2, 0) is 0 Å². The molecule has 0 fully saturated rings. The summed E-state index contributed by atoms with van der Waals surface area (Å²) in [6, 6.07) is 35.7. The van der Waals surface area contributed by atoms with Crippen LogP contribution >= 0.6 is 22.7 Å². The highest BCUT2D eigenvalue weighted by Crippen LogP contribution is 2.54. The lowest BCUT2D eigenvalue weighted by atomic mass is 9.81. The molecule has 0 aliphatic rings. The number of H-pyrrole nitrogens is 1. The van der Waals surface area contributed by atoms with E-state index in [1.165, 1.54) is 0 Å². The zero-order valence-corrected chi connectivity index (χ0v) is 28.5. The van der Waals surface area contributed by atoms with Gasteiger partial charge in [0.1, 0.15) is 5.01 Å². The molecule has 51 heavy (non-hydrogen) atoms. The molecule has 0 spiro atoms. The van der Waals surface area contributed by atoms with Crippen LogP contribution in [0.4, 0.5) is 0 Å². The van der Waals surface area contributed by atoms with E-state index >= 15 is 0 Å². The Kier molecular flexibility index (Phi) is 7.04. The number of nitrogens with one attached hydrogen (secondary N) is 1. The highest BCUT2D eigenvalue weighted by atomic mass is 32.1. The van der Waals surface area contributed by atoms with E-state index in [0.29, 0.717) is 0 Å². The fraction of sp³-hybridized carbons (Fsp3) is 0. The van der Waals surface area contributed by atoms with Gasteiger partial charge in [-0.25, -0.2) is 9.97 Å². The molecular formula is C42H25N7S2. The average molecular weight is 692 g/mol. The molecule has 6 aromatic heterocycles. The molecule has 1 N–H and O–H groups in total. The van der Waals surface area contributed by atoms with Crippen molar-refractivity contribution in [1.29, 1.82) is 0 Å². The minimum atomic E-state index is 0.726. The second-order valence-corrected chi connectivity index (χ2v) is 13.9. The minimum absolute atomic E-state index is 0.726. The van der Waals surface area contributed by atoms with Crippen LogP contribution in [0.25, 0.3) is 98.6 Å². The van der Waals surface area contributed by atoms with E-state index in [9.17, 15) is 0 Å². The normalized spacial score (nSPS) is 11.5. The summed E-state index contributed by atoms with van der Waals surface area (Å²) < 4.78 is 0. The van der Waals surface area contributed by atoms with Crippen molar-refractivity contribution < 1.29 is 0 Å². The molecule has 9 heteroatoms. The third kappa shape index (κ3) is 4.93. The summed E-state index contributed by atoms with van der Waals surface area (Å²) in [5.41, 5.74) is 11.1. The number of rotatable bonds is 6. The van der Waals surface area contributed by atoms with Gasteiger partial charge in [0.2, 0.25) is 0 Å². The molecule has 0 aliphatic heterocycles. The Bertz CT molecular complexity index is 2820. The van der Waals surface area contributed by atoms with Gasteiger partial charge < -0.3 is 4.98 Å². The van der Waals surface area contributed by atoms with Gasteiger partial charge in [0.05, 0.1) is 28.8 Å². The van der Waals surface area contributed by atoms with Crippen LogP contribution in [0.2, 0.25) is 0 Å². The van der Waals surface area contributed by atoms with Crippen LogP contribution in [0, 0.1) is 0 Å². The summed E-state index contributed by atoms with van der Waals surface area (Å²) in [6.07, 6.45) is 8.89. The van der Waals surface area contributed by atoms with Gasteiger partial charge in [-0.15, -0.1) is 22.7 Å². The molecule has 0 saturated carbocycles. The van der Waals surface area contributed by atoms with Crippen molar-refractivity contribution in [2.75, 3.05) is 0 Å². The SMILES string of the molecule is c1cnnc(-c2c(-c3cccs3)ccc3c(-c4nccs4)c(-c4cc5ccccc5[nH]4)c(-c4ccc5ccccc5n4)c(-c4cnccn4)c23)c1. The number of thiophene rings is 1. The van der Waals surface area contributed by atoms with Crippen molar-refractivity contribution in [1.82, 2.24) is 35.1 Å². The first kappa shape index (κ1) is 29.5. The lowest BCUT2D eigenvalue weighted by molar-refractivity contribution is 1.04. The zero-order valence-electron chi connectivity index (χ0n) is 26.9. The third-order valence-electron chi connectivity index (χ3n) is 9.21. The number of nitrogens with zero attached hydrogens (tertiary/aromatic N) is 6. The lowest BCUT2D eigenvalue weighted by Crippen LogP contribution is -2.02. The van der Waals surface area contributed by atoms with Gasteiger partial charge in [0.15, 0.2) is 0 Å². The Morgan fingerprint density at radius 2 is 1.49 bits per heavy atom. The Balaban J connectivity index is 1.50. The zero-order chi connectivity index (χ0) is 33.7. The molecular weight excluding hydrogens is 667 g/mol. The molecule has 240 valence electrons. The van der Waals surface area contributed by atoms with Crippen molar-refractivity contribution in [3.63, 3.8) is 0 Å². The maximum absolute atomic E-state index is 5.37. The number of hydrogen-bond acceptors (Lipinski definition) is 8. The van der Waals surface area contributed by atoms with Crippen molar-refractivity contribution in [2.24, 2.45) is 0 Å². The van der Waals surface area contributed by atoms with E-state index < -0.39 is 0 Å². The summed E-state index contributed by atoms with van der Waals surface area (Å²) in [4.78, 5) is 24.9. The minimum Gasteiger partial charge on any atom is -0.354 e. The van der Waals surface area contributed by atoms with Gasteiger partial charge in [-0.1, -0.05) is 60.7 Å². The van der Waals surface area contributed by atoms with Crippen LogP contribution in [0.1, 0.15) is 0 Å². The summed E-state index contributed by atoms with van der Waals surface area (Å²) in [6.45, 7) is 0. The maximum atomic E-state index is 5.37. The molecule has 0 unspecified atom stereocenters. The van der Waals surface area contributed by atoms with Crippen LogP contribution in [0.15, 0.2) is 145 Å². The predicted molar refractivity (Wildman–Crippen MR) is 208 cm³/mol. The van der Waals surface area contributed by atoms with Gasteiger partial charge in [-0.2, -0.15) is 10.2 Å². The van der Waals surface area contributed by atoms with E-state index in [-0.39, 0.29) is 0 Å². The summed E-state index contributed by atoms with van der Waals surface area (Å²) in [5, 5.41) is 18.3. The molecule has 0 atom stereocenters. The van der Waals surface area contributed by atoms with Crippen LogP contribution < -0.4 is 0 Å². The van der Waals surface area contributed by atoms with Crippen LogP contribution in [0.5, 0.6) is 0 Å². The molecule has 4 aromatic carbocycles. The molecule has 0 saturated heterocycles. The highest BCUT2D eigenvalue weighted by Gasteiger charge is 2.30.